The Morgan fingerprint density at radius 1 is 0.745 bits per heavy atom. The average Bonchev–Trinajstić information content (AvgIpc) is 0.937. The fraction of sp³-hybridized carbons (Fsp3) is 0.676. The SMILES string of the molecule is CCC1Cc2nc3cc(C(=O)NCCOCCOCCC(=O)NC(C(=O)NC(CCCNC(N)=O)C(=O)Nc4ccc(C[C@@H](CN)NC(=O)[C@H](C)[C@@H](OC)[C@@H]5CCCN5C(=O)C[C@@H](OC)[C@H]([C@@H](C)CC)N(C)C(=O)CNC(=O)C(C(C)C)N(C)C)cc4)C(C)C)ccc3nc2CC1C. The van der Waals surface area contributed by atoms with Crippen molar-refractivity contribution >= 4 is 70.0 Å². The van der Waals surface area contributed by atoms with Crippen LogP contribution in [0.1, 0.15) is 141 Å². The maximum Gasteiger partial charge on any atom is 0.312 e. The normalized spacial score (nSPS) is 18.1. The van der Waals surface area contributed by atoms with Gasteiger partial charge in [0.1, 0.15) is 12.1 Å². The van der Waals surface area contributed by atoms with E-state index >= 15 is 0 Å². The van der Waals surface area contributed by atoms with E-state index in [-0.39, 0.29) is 126 Å². The molecule has 1 aromatic heterocycles. The van der Waals surface area contributed by atoms with Gasteiger partial charge in [-0.2, -0.15) is 0 Å². The van der Waals surface area contributed by atoms with Gasteiger partial charge in [-0.1, -0.05) is 87.3 Å². The second-order valence-electron chi connectivity index (χ2n) is 27.2. The molecule has 0 saturated carbocycles. The Morgan fingerprint density at radius 3 is 2.05 bits per heavy atom. The first kappa shape index (κ1) is 81.2. The van der Waals surface area contributed by atoms with E-state index in [1.165, 1.54) is 14.2 Å². The van der Waals surface area contributed by atoms with Crippen LogP contribution in [-0.2, 0) is 71.8 Å². The van der Waals surface area contributed by atoms with Crippen molar-refractivity contribution < 1.29 is 62.1 Å². The minimum atomic E-state index is -1.08. The summed E-state index contributed by atoms with van der Waals surface area (Å²) >= 11 is 0. The monoisotopic (exact) mass is 1370 g/mol. The minimum Gasteiger partial charge on any atom is -0.379 e. The van der Waals surface area contributed by atoms with Gasteiger partial charge in [-0.05, 0) is 125 Å². The Morgan fingerprint density at radius 2 is 1.43 bits per heavy atom. The number of likely N-dealkylation sites (tertiary alicyclic amines) is 1. The summed E-state index contributed by atoms with van der Waals surface area (Å²) in [5, 5.41) is 19.7. The summed E-state index contributed by atoms with van der Waals surface area (Å²) in [7, 11) is 8.37. The highest BCUT2D eigenvalue weighted by molar-refractivity contribution is 5.99. The molecule has 0 bridgehead atoms. The van der Waals surface area contributed by atoms with Crippen LogP contribution < -0.4 is 48.7 Å². The molecule has 27 heteroatoms. The molecule has 3 aromatic rings. The lowest BCUT2D eigenvalue weighted by molar-refractivity contribution is -0.146. The van der Waals surface area contributed by atoms with Crippen LogP contribution in [-0.4, -0.2) is 221 Å². The van der Waals surface area contributed by atoms with Gasteiger partial charge in [0, 0.05) is 71.2 Å². The standard InChI is InChI=1S/C71H114N14O13/c1-15-44(7)64(84(12)61(88)41-76-70(93)63(43(5)6)83(10)11)58(95-13)39-60(87)85-30-18-20-57(85)65(96-14)46(9)66(89)78-51(40-72)36-47-21-24-50(25-22-47)77-68(91)53(19-17-28-75-71(73)94)81-69(92)62(42(3)4)82-59(86)27-31-97-33-34-98-32-29-74-67(90)49-23-26-52-55(38-49)80-56-37-48(16-2)45(8)35-54(56)79-52/h21-26,38,42-46,48,51,53,57-58,62-65H,15-20,27-37,39-41,72H2,1-14H3,(H,74,90)(H,76,93)(H,77,91)(H,78,89)(H,81,92)(H,82,86)(H3,73,75,94)/t44-,45?,46+,48?,51-,53?,57-,58+,62?,63?,64-,65+/m0/s1. The molecule has 11 N–H and O–H groups in total. The Labute approximate surface area is 579 Å². The van der Waals surface area contributed by atoms with Crippen molar-refractivity contribution in [1.82, 2.24) is 56.6 Å². The smallest absolute Gasteiger partial charge is 0.312 e. The molecule has 2 aliphatic rings. The number of likely N-dealkylation sites (N-methyl/N-ethyl adjacent to an activating group) is 2. The molecule has 546 valence electrons. The number of urea groups is 1. The number of nitrogens with two attached hydrogens (primary N) is 2. The van der Waals surface area contributed by atoms with Gasteiger partial charge in [-0.25, -0.2) is 14.8 Å². The van der Waals surface area contributed by atoms with Crippen LogP contribution in [0.25, 0.3) is 11.0 Å². The number of ether oxygens (including phenoxy) is 4. The third-order valence-electron chi connectivity index (χ3n) is 19.1. The molecule has 98 heavy (non-hydrogen) atoms. The number of benzene rings is 2. The molecule has 5 unspecified atom stereocenters. The van der Waals surface area contributed by atoms with Gasteiger partial charge >= 0.3 is 6.03 Å². The summed E-state index contributed by atoms with van der Waals surface area (Å²) in [5.74, 6) is -2.85. The lowest BCUT2D eigenvalue weighted by Gasteiger charge is -2.39. The largest absolute Gasteiger partial charge is 0.379 e. The molecule has 10 amide bonds. The van der Waals surface area contributed by atoms with Crippen LogP contribution in [0.2, 0.25) is 0 Å². The number of aromatic nitrogens is 2. The van der Waals surface area contributed by atoms with Crippen LogP contribution in [0.4, 0.5) is 10.5 Å². The summed E-state index contributed by atoms with van der Waals surface area (Å²) in [5.41, 5.74) is 16.8. The van der Waals surface area contributed by atoms with Crippen molar-refractivity contribution in [3.63, 3.8) is 0 Å². The molecular weight excluding hydrogens is 1260 g/mol. The number of amides is 10. The van der Waals surface area contributed by atoms with Crippen LogP contribution >= 0.6 is 0 Å². The van der Waals surface area contributed by atoms with Gasteiger partial charge in [0.2, 0.25) is 41.4 Å². The number of rotatable bonds is 41. The average molecular weight is 1370 g/mol. The van der Waals surface area contributed by atoms with E-state index in [1.54, 1.807) is 74.0 Å². The second kappa shape index (κ2) is 40.6. The number of nitrogens with one attached hydrogen (secondary N) is 7. The highest BCUT2D eigenvalue weighted by Crippen LogP contribution is 2.33. The molecule has 2 heterocycles. The number of nitrogens with zero attached hydrogens (tertiary/aromatic N) is 5. The molecule has 1 aliphatic carbocycles. The molecule has 12 atom stereocenters. The zero-order chi connectivity index (χ0) is 72.3. The molecule has 5 rings (SSSR count). The van der Waals surface area contributed by atoms with Crippen LogP contribution in [0.5, 0.6) is 0 Å². The zero-order valence-electron chi connectivity index (χ0n) is 60.5. The Hall–Kier alpha value is -7.43. The summed E-state index contributed by atoms with van der Waals surface area (Å²) in [6, 6.07) is 7.66. The van der Waals surface area contributed by atoms with E-state index in [9.17, 15) is 43.2 Å². The van der Waals surface area contributed by atoms with Crippen molar-refractivity contribution in [3.8, 4) is 0 Å². The number of hydrogen-bond donors (Lipinski definition) is 9. The predicted molar refractivity (Wildman–Crippen MR) is 375 cm³/mol. The van der Waals surface area contributed by atoms with E-state index in [0.717, 1.165) is 41.7 Å². The van der Waals surface area contributed by atoms with E-state index in [0.29, 0.717) is 60.8 Å². The third-order valence-corrected chi connectivity index (χ3v) is 19.1. The number of methoxy groups -OCH3 is 2. The van der Waals surface area contributed by atoms with Crippen LogP contribution in [0.15, 0.2) is 42.5 Å². The topological polar surface area (TPSA) is 362 Å². The summed E-state index contributed by atoms with van der Waals surface area (Å²) in [6.07, 6.45) is 4.19. The van der Waals surface area contributed by atoms with Crippen molar-refractivity contribution in [1.29, 1.82) is 0 Å². The van der Waals surface area contributed by atoms with E-state index < -0.39 is 78.1 Å². The fourth-order valence-corrected chi connectivity index (χ4v) is 13.3. The van der Waals surface area contributed by atoms with Crippen molar-refractivity contribution in [2.45, 2.75) is 181 Å². The minimum absolute atomic E-state index is 0.0248. The van der Waals surface area contributed by atoms with E-state index in [2.05, 4.69) is 51.1 Å². The van der Waals surface area contributed by atoms with Crippen molar-refractivity contribution in [2.75, 3.05) is 99.8 Å². The van der Waals surface area contributed by atoms with Gasteiger partial charge in [-0.3, -0.25) is 43.3 Å². The van der Waals surface area contributed by atoms with Gasteiger partial charge in [-0.15, -0.1) is 0 Å². The van der Waals surface area contributed by atoms with Crippen molar-refractivity contribution in [3.05, 3.63) is 65.0 Å². The first-order chi connectivity index (χ1) is 46.7. The maximum atomic E-state index is 14.4. The summed E-state index contributed by atoms with van der Waals surface area (Å²) in [4.78, 5) is 136. The molecule has 27 nitrogen and oxygen atoms in total. The predicted octanol–water partition coefficient (Wildman–Crippen LogP) is 3.87. The highest BCUT2D eigenvalue weighted by Gasteiger charge is 2.43. The van der Waals surface area contributed by atoms with Gasteiger partial charge in [0.25, 0.3) is 5.91 Å². The second-order valence-corrected chi connectivity index (χ2v) is 27.2. The molecule has 1 fully saturated rings. The van der Waals surface area contributed by atoms with E-state index in [4.69, 9.17) is 40.4 Å². The summed E-state index contributed by atoms with van der Waals surface area (Å²) < 4.78 is 23.3. The van der Waals surface area contributed by atoms with Crippen LogP contribution in [0, 0.1) is 35.5 Å². The highest BCUT2D eigenvalue weighted by atomic mass is 16.5. The Balaban J connectivity index is 1.08. The maximum absolute atomic E-state index is 14.4. The summed E-state index contributed by atoms with van der Waals surface area (Å²) in [6.45, 7) is 19.1. The number of anilines is 1. The first-order valence-electron chi connectivity index (χ1n) is 35.0. The fourth-order valence-electron chi connectivity index (χ4n) is 13.3. The third kappa shape index (κ3) is 24.2. The first-order valence-corrected chi connectivity index (χ1v) is 35.0. The molecule has 1 saturated heterocycles. The number of carbonyl (C=O) groups excluding carboxylic acids is 9. The number of hydrogen-bond acceptors (Lipinski definition) is 17. The number of fused-ring (bicyclic) bond motifs is 2. The van der Waals surface area contributed by atoms with Gasteiger partial charge in [0.05, 0.1) is 98.1 Å². The lowest BCUT2D eigenvalue weighted by atomic mass is 9.79. The molecule has 2 aromatic carbocycles. The van der Waals surface area contributed by atoms with E-state index in [1.807, 2.05) is 52.8 Å². The Kier molecular flexibility index (Phi) is 33.7. The van der Waals surface area contributed by atoms with Crippen LogP contribution in [0.3, 0.4) is 0 Å². The zero-order valence-corrected chi connectivity index (χ0v) is 60.5. The van der Waals surface area contributed by atoms with Crippen molar-refractivity contribution in [2.24, 2.45) is 47.0 Å². The van der Waals surface area contributed by atoms with Gasteiger partial charge < -0.3 is 77.4 Å². The Bertz CT molecular complexity index is 3090. The molecular formula is C71H114N14O13. The quantitative estimate of drug-likeness (QED) is 0.0364. The number of primary amides is 1. The number of carbonyl (C=O) groups is 9. The van der Waals surface area contributed by atoms with Gasteiger partial charge in [0.15, 0.2) is 0 Å². The molecule has 0 radical (unpaired) electrons. The lowest BCUT2D eigenvalue weighted by Crippen LogP contribution is -2.55. The molecule has 0 spiro atoms. The molecule has 1 aliphatic heterocycles.